The van der Waals surface area contributed by atoms with Crippen LogP contribution in [0.3, 0.4) is 0 Å². The Morgan fingerprint density at radius 3 is 2.42 bits per heavy atom. The number of amides is 2. The van der Waals surface area contributed by atoms with E-state index < -0.39 is 0 Å². The maximum Gasteiger partial charge on any atom is 0.271 e. The van der Waals surface area contributed by atoms with Crippen LogP contribution < -0.4 is 10.7 Å². The highest BCUT2D eigenvalue weighted by atomic mass is 16.2. The Labute approximate surface area is 151 Å². The van der Waals surface area contributed by atoms with Crippen LogP contribution in [0.2, 0.25) is 0 Å². The van der Waals surface area contributed by atoms with Crippen molar-refractivity contribution in [3.05, 3.63) is 77.9 Å². The predicted molar refractivity (Wildman–Crippen MR) is 104 cm³/mol. The average Bonchev–Trinajstić information content (AvgIpc) is 2.68. The van der Waals surface area contributed by atoms with Crippen molar-refractivity contribution < 1.29 is 9.59 Å². The first kappa shape index (κ1) is 17.4. The number of benzene rings is 3. The van der Waals surface area contributed by atoms with Crippen molar-refractivity contribution in [2.45, 2.75) is 13.3 Å². The Morgan fingerprint density at radius 1 is 0.962 bits per heavy atom. The lowest BCUT2D eigenvalue weighted by Crippen LogP contribution is -2.17. The number of anilines is 1. The van der Waals surface area contributed by atoms with Gasteiger partial charge in [-0.15, -0.1) is 0 Å². The quantitative estimate of drug-likeness (QED) is 0.543. The van der Waals surface area contributed by atoms with Crippen molar-refractivity contribution in [2.24, 2.45) is 5.10 Å². The summed E-state index contributed by atoms with van der Waals surface area (Å²) in [7, 11) is 0. The molecule has 0 saturated heterocycles. The third-order valence-electron chi connectivity index (χ3n) is 3.91. The molecule has 5 nitrogen and oxygen atoms in total. The number of fused-ring (bicyclic) bond motifs is 1. The predicted octanol–water partition coefficient (Wildman–Crippen LogP) is 3.95. The SMILES string of the molecule is CCC(=O)Nc1ccc(C(=O)N/N=C\c2ccc3ccccc3c2)cc1. The molecule has 3 rings (SSSR count). The zero-order valence-corrected chi connectivity index (χ0v) is 14.4. The molecule has 5 heteroatoms. The van der Waals surface area contributed by atoms with Crippen LogP contribution in [-0.4, -0.2) is 18.0 Å². The molecule has 0 fully saturated rings. The van der Waals surface area contributed by atoms with Crippen LogP contribution in [0.15, 0.2) is 71.8 Å². The number of hydrazone groups is 1. The molecule has 3 aromatic rings. The van der Waals surface area contributed by atoms with Crippen LogP contribution in [0.4, 0.5) is 5.69 Å². The molecule has 0 radical (unpaired) electrons. The van der Waals surface area contributed by atoms with E-state index in [0.29, 0.717) is 17.7 Å². The fraction of sp³-hybridized carbons (Fsp3) is 0.0952. The van der Waals surface area contributed by atoms with Crippen molar-refractivity contribution in [1.82, 2.24) is 5.43 Å². The first-order valence-corrected chi connectivity index (χ1v) is 8.38. The van der Waals surface area contributed by atoms with Gasteiger partial charge in [-0.3, -0.25) is 9.59 Å². The number of nitrogens with zero attached hydrogens (tertiary/aromatic N) is 1. The van der Waals surface area contributed by atoms with Gasteiger partial charge >= 0.3 is 0 Å². The highest BCUT2D eigenvalue weighted by molar-refractivity contribution is 5.96. The summed E-state index contributed by atoms with van der Waals surface area (Å²) in [5.41, 5.74) is 4.54. The van der Waals surface area contributed by atoms with E-state index in [-0.39, 0.29) is 11.8 Å². The Balaban J connectivity index is 1.62. The third kappa shape index (κ3) is 4.33. The van der Waals surface area contributed by atoms with Gasteiger partial charge < -0.3 is 5.32 Å². The van der Waals surface area contributed by atoms with Gasteiger partial charge in [0.25, 0.3) is 5.91 Å². The fourth-order valence-electron chi connectivity index (χ4n) is 2.47. The summed E-state index contributed by atoms with van der Waals surface area (Å²) in [6, 6.07) is 20.7. The summed E-state index contributed by atoms with van der Waals surface area (Å²) < 4.78 is 0. The second kappa shape index (κ2) is 8.07. The van der Waals surface area contributed by atoms with Gasteiger partial charge in [-0.25, -0.2) is 5.43 Å². The molecule has 26 heavy (non-hydrogen) atoms. The van der Waals surface area contributed by atoms with E-state index in [2.05, 4.69) is 15.8 Å². The molecule has 0 aliphatic heterocycles. The Hall–Kier alpha value is -3.47. The first-order valence-electron chi connectivity index (χ1n) is 8.38. The molecule has 0 aromatic heterocycles. The van der Waals surface area contributed by atoms with Gasteiger partial charge in [0.2, 0.25) is 5.91 Å². The second-order valence-electron chi connectivity index (χ2n) is 5.78. The van der Waals surface area contributed by atoms with Gasteiger partial charge in [0.05, 0.1) is 6.21 Å². The van der Waals surface area contributed by atoms with Crippen molar-refractivity contribution in [3.8, 4) is 0 Å². The molecule has 0 atom stereocenters. The third-order valence-corrected chi connectivity index (χ3v) is 3.91. The second-order valence-corrected chi connectivity index (χ2v) is 5.78. The summed E-state index contributed by atoms with van der Waals surface area (Å²) in [6.07, 6.45) is 2.02. The number of carbonyl (C=O) groups excluding carboxylic acids is 2. The van der Waals surface area contributed by atoms with Crippen LogP contribution >= 0.6 is 0 Å². The Kier molecular flexibility index (Phi) is 5.39. The van der Waals surface area contributed by atoms with Crippen LogP contribution in [-0.2, 0) is 4.79 Å². The van der Waals surface area contributed by atoms with E-state index in [4.69, 9.17) is 0 Å². The molecule has 0 bridgehead atoms. The highest BCUT2D eigenvalue weighted by Crippen LogP contribution is 2.14. The monoisotopic (exact) mass is 345 g/mol. The molecule has 0 spiro atoms. The van der Waals surface area contributed by atoms with Crippen molar-refractivity contribution in [3.63, 3.8) is 0 Å². The van der Waals surface area contributed by atoms with Gasteiger partial charge in [0, 0.05) is 17.7 Å². The first-order chi connectivity index (χ1) is 12.7. The zero-order valence-electron chi connectivity index (χ0n) is 14.4. The summed E-state index contributed by atoms with van der Waals surface area (Å²) in [5, 5.41) is 9.03. The van der Waals surface area contributed by atoms with E-state index >= 15 is 0 Å². The molecular formula is C21H19N3O2. The largest absolute Gasteiger partial charge is 0.326 e. The normalized spacial score (nSPS) is 10.8. The average molecular weight is 345 g/mol. The summed E-state index contributed by atoms with van der Waals surface area (Å²) in [4.78, 5) is 23.5. The van der Waals surface area contributed by atoms with Crippen LogP contribution in [0.1, 0.15) is 29.3 Å². The van der Waals surface area contributed by atoms with Gasteiger partial charge in [0.1, 0.15) is 0 Å². The Morgan fingerprint density at radius 2 is 1.69 bits per heavy atom. The van der Waals surface area contributed by atoms with Gasteiger partial charge in [-0.2, -0.15) is 5.10 Å². The maximum atomic E-state index is 12.1. The molecule has 130 valence electrons. The fourth-order valence-corrected chi connectivity index (χ4v) is 2.47. The van der Waals surface area contributed by atoms with Crippen molar-refractivity contribution >= 4 is 34.5 Å². The zero-order chi connectivity index (χ0) is 18.4. The van der Waals surface area contributed by atoms with Crippen LogP contribution in [0.25, 0.3) is 10.8 Å². The lowest BCUT2D eigenvalue weighted by Gasteiger charge is -2.04. The molecular weight excluding hydrogens is 326 g/mol. The molecule has 2 amide bonds. The van der Waals surface area contributed by atoms with Gasteiger partial charge in [-0.05, 0) is 46.7 Å². The lowest BCUT2D eigenvalue weighted by molar-refractivity contribution is -0.115. The molecule has 0 heterocycles. The van der Waals surface area contributed by atoms with E-state index in [9.17, 15) is 9.59 Å². The standard InChI is InChI=1S/C21H19N3O2/c1-2-20(25)23-19-11-9-17(10-12-19)21(26)24-22-14-15-7-8-16-5-3-4-6-18(16)13-15/h3-14H,2H2,1H3,(H,23,25)(H,24,26)/b22-14-. The smallest absolute Gasteiger partial charge is 0.271 e. The molecule has 3 aromatic carbocycles. The van der Waals surface area contributed by atoms with E-state index in [1.54, 1.807) is 37.4 Å². The number of hydrogen-bond acceptors (Lipinski definition) is 3. The van der Waals surface area contributed by atoms with E-state index in [0.717, 1.165) is 16.3 Å². The highest BCUT2D eigenvalue weighted by Gasteiger charge is 2.05. The van der Waals surface area contributed by atoms with Gasteiger partial charge in [-0.1, -0.05) is 43.3 Å². The van der Waals surface area contributed by atoms with E-state index in [1.807, 2.05) is 42.5 Å². The maximum absolute atomic E-state index is 12.1. The number of rotatable bonds is 5. The van der Waals surface area contributed by atoms with Crippen LogP contribution in [0, 0.1) is 0 Å². The van der Waals surface area contributed by atoms with Crippen molar-refractivity contribution in [2.75, 3.05) is 5.32 Å². The molecule has 0 unspecified atom stereocenters. The topological polar surface area (TPSA) is 70.6 Å². The molecule has 0 aliphatic carbocycles. The number of nitrogens with one attached hydrogen (secondary N) is 2. The minimum Gasteiger partial charge on any atom is -0.326 e. The number of hydrogen-bond donors (Lipinski definition) is 2. The Bertz CT molecular complexity index is 962. The van der Waals surface area contributed by atoms with Crippen LogP contribution in [0.5, 0.6) is 0 Å². The summed E-state index contributed by atoms with van der Waals surface area (Å²) in [6.45, 7) is 1.78. The summed E-state index contributed by atoms with van der Waals surface area (Å²) in [5.74, 6) is -0.377. The lowest BCUT2D eigenvalue weighted by atomic mass is 10.1. The van der Waals surface area contributed by atoms with E-state index in [1.165, 1.54) is 0 Å². The summed E-state index contributed by atoms with van der Waals surface area (Å²) >= 11 is 0. The van der Waals surface area contributed by atoms with Gasteiger partial charge in [0.15, 0.2) is 0 Å². The molecule has 0 aliphatic rings. The minimum atomic E-state index is -0.310. The molecule has 2 N–H and O–H groups in total. The van der Waals surface area contributed by atoms with Crippen molar-refractivity contribution in [1.29, 1.82) is 0 Å². The molecule has 0 saturated carbocycles. The minimum absolute atomic E-state index is 0.0674. The number of carbonyl (C=O) groups is 2.